The predicted molar refractivity (Wildman–Crippen MR) is 79.5 cm³/mol. The van der Waals surface area contributed by atoms with E-state index in [0.29, 0.717) is 11.4 Å². The molecule has 0 spiro atoms. The standard InChI is InChI=1S/C15H13N3O4/c1-7-4-3-5-9(22-2)12(7)18-10(19)6-8-11(13(18)16)15(21)17-14(8)20/h3-6H,16H2,1-2H3,(H,17,20,21). The van der Waals surface area contributed by atoms with Gasteiger partial charge in [-0.05, 0) is 18.6 Å². The fourth-order valence-corrected chi connectivity index (χ4v) is 2.59. The molecule has 0 atom stereocenters. The average molecular weight is 299 g/mol. The molecule has 22 heavy (non-hydrogen) atoms. The highest BCUT2D eigenvalue weighted by Crippen LogP contribution is 2.29. The molecule has 1 aromatic heterocycles. The average Bonchev–Trinajstić information content (AvgIpc) is 2.75. The van der Waals surface area contributed by atoms with Crippen LogP contribution in [0.3, 0.4) is 0 Å². The molecule has 0 fully saturated rings. The first-order chi connectivity index (χ1) is 10.5. The van der Waals surface area contributed by atoms with Crippen molar-refractivity contribution in [3.05, 3.63) is 51.3 Å². The number of carbonyl (C=O) groups is 2. The minimum absolute atomic E-state index is 0.00342. The maximum absolute atomic E-state index is 12.4. The lowest BCUT2D eigenvalue weighted by Crippen LogP contribution is -2.25. The van der Waals surface area contributed by atoms with Crippen molar-refractivity contribution in [1.82, 2.24) is 9.88 Å². The van der Waals surface area contributed by atoms with Gasteiger partial charge in [0.25, 0.3) is 17.4 Å². The van der Waals surface area contributed by atoms with E-state index < -0.39 is 17.4 Å². The molecule has 2 heterocycles. The number of para-hydroxylation sites is 1. The van der Waals surface area contributed by atoms with Crippen molar-refractivity contribution in [3.8, 4) is 11.4 Å². The summed E-state index contributed by atoms with van der Waals surface area (Å²) in [6.07, 6.45) is 0. The summed E-state index contributed by atoms with van der Waals surface area (Å²) in [6, 6.07) is 6.37. The maximum atomic E-state index is 12.4. The molecule has 0 unspecified atom stereocenters. The monoisotopic (exact) mass is 299 g/mol. The first-order valence-electron chi connectivity index (χ1n) is 6.51. The number of nitrogen functional groups attached to an aromatic ring is 1. The molecule has 0 saturated heterocycles. The van der Waals surface area contributed by atoms with Gasteiger partial charge in [-0.2, -0.15) is 0 Å². The first kappa shape index (κ1) is 13.9. The van der Waals surface area contributed by atoms with Crippen molar-refractivity contribution in [2.45, 2.75) is 6.92 Å². The second kappa shape index (κ2) is 4.73. The highest BCUT2D eigenvalue weighted by Gasteiger charge is 2.32. The van der Waals surface area contributed by atoms with Crippen LogP contribution in [-0.2, 0) is 0 Å². The van der Waals surface area contributed by atoms with Gasteiger partial charge in [-0.15, -0.1) is 0 Å². The number of anilines is 1. The van der Waals surface area contributed by atoms with Gasteiger partial charge in [-0.25, -0.2) is 0 Å². The molecule has 0 radical (unpaired) electrons. The van der Waals surface area contributed by atoms with Crippen molar-refractivity contribution < 1.29 is 14.3 Å². The number of pyridine rings is 1. The molecule has 1 aromatic carbocycles. The Hall–Kier alpha value is -3.09. The van der Waals surface area contributed by atoms with Gasteiger partial charge in [-0.3, -0.25) is 24.3 Å². The van der Waals surface area contributed by atoms with Gasteiger partial charge in [0.2, 0.25) is 0 Å². The number of benzene rings is 1. The van der Waals surface area contributed by atoms with Crippen molar-refractivity contribution in [2.75, 3.05) is 12.8 Å². The second-order valence-electron chi connectivity index (χ2n) is 4.90. The zero-order valence-electron chi connectivity index (χ0n) is 12.0. The van der Waals surface area contributed by atoms with E-state index in [4.69, 9.17) is 10.5 Å². The third-order valence-corrected chi connectivity index (χ3v) is 3.60. The van der Waals surface area contributed by atoms with Crippen LogP contribution in [0, 0.1) is 6.92 Å². The number of aromatic nitrogens is 1. The molecule has 0 saturated carbocycles. The Kier molecular flexibility index (Phi) is 2.98. The van der Waals surface area contributed by atoms with Crippen LogP contribution < -0.4 is 21.3 Å². The van der Waals surface area contributed by atoms with E-state index in [9.17, 15) is 14.4 Å². The number of hydrogen-bond acceptors (Lipinski definition) is 5. The number of nitrogens with zero attached hydrogens (tertiary/aromatic N) is 1. The molecule has 1 aliphatic rings. The van der Waals surface area contributed by atoms with E-state index >= 15 is 0 Å². The third kappa shape index (κ3) is 1.79. The molecular weight excluding hydrogens is 286 g/mol. The highest BCUT2D eigenvalue weighted by molar-refractivity contribution is 6.23. The molecule has 3 N–H and O–H groups in total. The van der Waals surface area contributed by atoms with E-state index in [2.05, 4.69) is 5.32 Å². The summed E-state index contributed by atoms with van der Waals surface area (Å²) in [7, 11) is 1.48. The lowest BCUT2D eigenvalue weighted by molar-refractivity contribution is 0.0880. The lowest BCUT2D eigenvalue weighted by atomic mass is 10.1. The number of fused-ring (bicyclic) bond motifs is 1. The maximum Gasteiger partial charge on any atom is 0.262 e. The molecule has 2 aromatic rings. The van der Waals surface area contributed by atoms with Crippen LogP contribution in [0.5, 0.6) is 5.75 Å². The number of imide groups is 1. The Morgan fingerprint density at radius 1 is 1.18 bits per heavy atom. The van der Waals surface area contributed by atoms with Crippen LogP contribution in [0.1, 0.15) is 26.3 Å². The predicted octanol–water partition coefficient (Wildman–Crippen LogP) is 0.620. The number of amides is 2. The van der Waals surface area contributed by atoms with Gasteiger partial charge in [0.05, 0.1) is 23.9 Å². The molecule has 3 rings (SSSR count). The molecule has 7 nitrogen and oxygen atoms in total. The summed E-state index contributed by atoms with van der Waals surface area (Å²) in [5.74, 6) is -0.872. The minimum Gasteiger partial charge on any atom is -0.495 e. The van der Waals surface area contributed by atoms with Gasteiger partial charge in [-0.1, -0.05) is 12.1 Å². The normalized spacial score (nSPS) is 13.0. The zero-order chi connectivity index (χ0) is 16.0. The SMILES string of the molecule is COc1cccc(C)c1-n1c(N)c2c(cc1=O)C(=O)NC2=O. The fourth-order valence-electron chi connectivity index (χ4n) is 2.59. The van der Waals surface area contributed by atoms with E-state index in [0.717, 1.165) is 11.6 Å². The molecule has 2 amide bonds. The fraction of sp³-hybridized carbons (Fsp3) is 0.133. The number of carbonyl (C=O) groups excluding carboxylic acids is 2. The van der Waals surface area contributed by atoms with Crippen LogP contribution in [-0.4, -0.2) is 23.5 Å². The second-order valence-corrected chi connectivity index (χ2v) is 4.90. The molecule has 1 aliphatic heterocycles. The topological polar surface area (TPSA) is 103 Å². The zero-order valence-corrected chi connectivity index (χ0v) is 12.0. The number of nitrogens with two attached hydrogens (primary N) is 1. The van der Waals surface area contributed by atoms with Crippen LogP contribution in [0.4, 0.5) is 5.82 Å². The Labute approximate surface area is 125 Å². The number of methoxy groups -OCH3 is 1. The van der Waals surface area contributed by atoms with Gasteiger partial charge in [0.1, 0.15) is 11.6 Å². The number of nitrogens with one attached hydrogen (secondary N) is 1. The van der Waals surface area contributed by atoms with Gasteiger partial charge in [0.15, 0.2) is 0 Å². The number of ether oxygens (including phenoxy) is 1. The van der Waals surface area contributed by atoms with Gasteiger partial charge < -0.3 is 10.5 Å². The van der Waals surface area contributed by atoms with Crippen molar-refractivity contribution in [2.24, 2.45) is 0 Å². The summed E-state index contributed by atoms with van der Waals surface area (Å²) in [6.45, 7) is 1.79. The summed E-state index contributed by atoms with van der Waals surface area (Å²) in [5.41, 5.74) is 6.70. The highest BCUT2D eigenvalue weighted by atomic mass is 16.5. The van der Waals surface area contributed by atoms with Crippen molar-refractivity contribution in [1.29, 1.82) is 0 Å². The largest absolute Gasteiger partial charge is 0.495 e. The Balaban J connectivity index is 2.41. The Bertz CT molecular complexity index is 883. The van der Waals surface area contributed by atoms with E-state index in [1.807, 2.05) is 0 Å². The Morgan fingerprint density at radius 2 is 1.91 bits per heavy atom. The summed E-state index contributed by atoms with van der Waals surface area (Å²) >= 11 is 0. The van der Waals surface area contributed by atoms with Crippen molar-refractivity contribution >= 4 is 17.6 Å². The molecule has 112 valence electrons. The van der Waals surface area contributed by atoms with Crippen LogP contribution in [0.25, 0.3) is 5.69 Å². The summed E-state index contributed by atoms with van der Waals surface area (Å²) in [5, 5.41) is 2.13. The van der Waals surface area contributed by atoms with Crippen LogP contribution >= 0.6 is 0 Å². The van der Waals surface area contributed by atoms with Crippen LogP contribution in [0.2, 0.25) is 0 Å². The number of rotatable bonds is 2. The lowest BCUT2D eigenvalue weighted by Gasteiger charge is -2.17. The van der Waals surface area contributed by atoms with E-state index in [1.54, 1.807) is 25.1 Å². The van der Waals surface area contributed by atoms with Crippen molar-refractivity contribution in [3.63, 3.8) is 0 Å². The Morgan fingerprint density at radius 3 is 2.59 bits per heavy atom. The molecule has 0 aliphatic carbocycles. The number of hydrogen-bond donors (Lipinski definition) is 2. The molecule has 7 heteroatoms. The molecule has 0 bridgehead atoms. The smallest absolute Gasteiger partial charge is 0.262 e. The van der Waals surface area contributed by atoms with E-state index in [-0.39, 0.29) is 16.9 Å². The third-order valence-electron chi connectivity index (χ3n) is 3.60. The molecular formula is C15H13N3O4. The van der Waals surface area contributed by atoms with E-state index in [1.165, 1.54) is 11.7 Å². The van der Waals surface area contributed by atoms with Crippen LogP contribution in [0.15, 0.2) is 29.1 Å². The van der Waals surface area contributed by atoms with Gasteiger partial charge in [0, 0.05) is 6.07 Å². The first-order valence-corrected chi connectivity index (χ1v) is 6.51. The summed E-state index contributed by atoms with van der Waals surface area (Å²) < 4.78 is 6.46. The summed E-state index contributed by atoms with van der Waals surface area (Å²) in [4.78, 5) is 35.9. The quantitative estimate of drug-likeness (QED) is 0.791. The number of aryl methyl sites for hydroxylation is 1. The minimum atomic E-state index is -0.618. The van der Waals surface area contributed by atoms with Gasteiger partial charge >= 0.3 is 0 Å².